The van der Waals surface area contributed by atoms with E-state index in [0.29, 0.717) is 53.2 Å². The molecule has 4 rings (SSSR count). The number of ether oxygens (including phenoxy) is 4. The lowest BCUT2D eigenvalue weighted by Crippen LogP contribution is -2.21. The summed E-state index contributed by atoms with van der Waals surface area (Å²) in [5.41, 5.74) is 9.41. The molecule has 32 heavy (non-hydrogen) atoms. The first-order valence-corrected chi connectivity index (χ1v) is 10.3. The summed E-state index contributed by atoms with van der Waals surface area (Å²) in [5, 5.41) is 17.3. The van der Waals surface area contributed by atoms with Crippen LogP contribution in [0, 0.1) is 11.3 Å². The maximum absolute atomic E-state index is 9.94. The largest absolute Gasteiger partial charge is 0.494 e. The van der Waals surface area contributed by atoms with Crippen LogP contribution in [0.1, 0.15) is 30.9 Å². The van der Waals surface area contributed by atoms with Crippen molar-refractivity contribution in [2.24, 2.45) is 5.73 Å². The molecule has 0 saturated heterocycles. The van der Waals surface area contributed by atoms with Gasteiger partial charge < -0.3 is 24.7 Å². The molecule has 0 saturated carbocycles. The third-order valence-corrected chi connectivity index (χ3v) is 5.22. The van der Waals surface area contributed by atoms with Gasteiger partial charge in [0.1, 0.15) is 17.4 Å². The van der Waals surface area contributed by atoms with Crippen LogP contribution in [0.25, 0.3) is 11.3 Å². The van der Waals surface area contributed by atoms with Crippen LogP contribution >= 0.6 is 0 Å². The molecule has 1 atom stereocenters. The second kappa shape index (κ2) is 8.94. The molecule has 1 aliphatic heterocycles. The van der Waals surface area contributed by atoms with Gasteiger partial charge in [0, 0.05) is 11.1 Å². The third-order valence-electron chi connectivity index (χ3n) is 5.22. The molecule has 8 nitrogen and oxygen atoms in total. The highest BCUT2D eigenvalue weighted by atomic mass is 16.5. The molecule has 3 N–H and O–H groups in total. The lowest BCUT2D eigenvalue weighted by Gasteiger charge is -2.25. The predicted molar refractivity (Wildman–Crippen MR) is 119 cm³/mol. The van der Waals surface area contributed by atoms with Gasteiger partial charge in [-0.3, -0.25) is 5.10 Å². The van der Waals surface area contributed by atoms with E-state index in [-0.39, 0.29) is 5.88 Å². The molecule has 0 fully saturated rings. The number of fused-ring (bicyclic) bond motifs is 1. The number of nitrogens with zero attached hydrogens (tertiary/aromatic N) is 2. The van der Waals surface area contributed by atoms with Gasteiger partial charge in [-0.25, -0.2) is 0 Å². The van der Waals surface area contributed by atoms with E-state index in [1.54, 1.807) is 7.11 Å². The number of methoxy groups -OCH3 is 1. The van der Waals surface area contributed by atoms with Gasteiger partial charge in [0.05, 0.1) is 37.5 Å². The van der Waals surface area contributed by atoms with Crippen LogP contribution in [0.3, 0.4) is 0 Å². The number of benzene rings is 2. The zero-order valence-corrected chi connectivity index (χ0v) is 18.1. The summed E-state index contributed by atoms with van der Waals surface area (Å²) in [6.07, 6.45) is 0. The summed E-state index contributed by atoms with van der Waals surface area (Å²) in [6, 6.07) is 15.4. The summed E-state index contributed by atoms with van der Waals surface area (Å²) in [7, 11) is 1.59. The molecule has 2 aromatic carbocycles. The van der Waals surface area contributed by atoms with Crippen LogP contribution in [-0.4, -0.2) is 30.5 Å². The van der Waals surface area contributed by atoms with E-state index < -0.39 is 5.92 Å². The average Bonchev–Trinajstić information content (AvgIpc) is 3.22. The van der Waals surface area contributed by atoms with Crippen molar-refractivity contribution < 1.29 is 18.9 Å². The highest BCUT2D eigenvalue weighted by molar-refractivity contribution is 5.73. The monoisotopic (exact) mass is 432 g/mol. The molecule has 0 aliphatic carbocycles. The number of nitrogens with one attached hydrogen (secondary N) is 1. The zero-order chi connectivity index (χ0) is 22.7. The van der Waals surface area contributed by atoms with Crippen molar-refractivity contribution in [1.29, 1.82) is 5.26 Å². The van der Waals surface area contributed by atoms with Gasteiger partial charge in [-0.1, -0.05) is 18.2 Å². The van der Waals surface area contributed by atoms with Crippen molar-refractivity contribution in [3.8, 4) is 40.5 Å². The fourth-order valence-electron chi connectivity index (χ4n) is 3.88. The lowest BCUT2D eigenvalue weighted by molar-refractivity contribution is 0.311. The Morgan fingerprint density at radius 2 is 1.84 bits per heavy atom. The third kappa shape index (κ3) is 3.58. The van der Waals surface area contributed by atoms with Crippen LogP contribution in [-0.2, 0) is 0 Å². The minimum atomic E-state index is -0.516. The number of hydrogen-bond acceptors (Lipinski definition) is 7. The molecule has 0 spiro atoms. The number of para-hydroxylation sites is 1. The van der Waals surface area contributed by atoms with Crippen molar-refractivity contribution >= 4 is 0 Å². The highest BCUT2D eigenvalue weighted by Gasteiger charge is 2.37. The van der Waals surface area contributed by atoms with Gasteiger partial charge in [-0.05, 0) is 38.1 Å². The van der Waals surface area contributed by atoms with Crippen LogP contribution in [0.4, 0.5) is 0 Å². The zero-order valence-electron chi connectivity index (χ0n) is 18.1. The minimum Gasteiger partial charge on any atom is -0.494 e. The average molecular weight is 432 g/mol. The Kier molecular flexibility index (Phi) is 5.90. The summed E-state index contributed by atoms with van der Waals surface area (Å²) >= 11 is 0. The van der Waals surface area contributed by atoms with E-state index in [2.05, 4.69) is 16.3 Å². The van der Waals surface area contributed by atoms with Gasteiger partial charge in [0.2, 0.25) is 11.8 Å². The molecular weight excluding hydrogens is 408 g/mol. The summed E-state index contributed by atoms with van der Waals surface area (Å²) in [5.74, 6) is 1.73. The van der Waals surface area contributed by atoms with Gasteiger partial charge in [-0.2, -0.15) is 5.26 Å². The molecule has 164 valence electrons. The quantitative estimate of drug-likeness (QED) is 0.577. The number of nitriles is 1. The molecular formula is C24H24N4O4. The number of aromatic nitrogens is 2. The maximum atomic E-state index is 9.94. The van der Waals surface area contributed by atoms with Crippen molar-refractivity contribution in [2.75, 3.05) is 20.3 Å². The fraction of sp³-hybridized carbons (Fsp3) is 0.250. The van der Waals surface area contributed by atoms with E-state index in [0.717, 1.165) is 11.1 Å². The number of rotatable bonds is 7. The standard InChI is InChI=1S/C24H24N4O4/c1-4-30-17-9-7-6-8-15(17)20-16(13-25)23(26)32-24-21(20)22(27-28-24)14-10-11-18(31-5-2)19(12-14)29-3/h6-12,20H,4-5,26H2,1-3H3,(H,27,28)/t20-/m1/s1. The number of allylic oxidation sites excluding steroid dienone is 1. The molecule has 8 heteroatoms. The lowest BCUT2D eigenvalue weighted by atomic mass is 9.82. The Bertz CT molecular complexity index is 1210. The van der Waals surface area contributed by atoms with Crippen molar-refractivity contribution in [3.05, 3.63) is 65.0 Å². The molecule has 0 radical (unpaired) electrons. The summed E-state index contributed by atoms with van der Waals surface area (Å²) < 4.78 is 22.7. The number of aromatic amines is 1. The molecule has 0 unspecified atom stereocenters. The normalized spacial score (nSPS) is 14.9. The SMILES string of the molecule is CCOc1ccc(-c2[nH]nc3c2[C@H](c2ccccc2OCC)C(C#N)=C(N)O3)cc1OC. The number of hydrogen-bond donors (Lipinski definition) is 2. The molecule has 2 heterocycles. The minimum absolute atomic E-state index is 0.0265. The Labute approximate surface area is 186 Å². The number of H-pyrrole nitrogens is 1. The molecule has 0 amide bonds. The van der Waals surface area contributed by atoms with Crippen molar-refractivity contribution in [3.63, 3.8) is 0 Å². The second-order valence-corrected chi connectivity index (χ2v) is 7.01. The highest BCUT2D eigenvalue weighted by Crippen LogP contribution is 2.48. The smallest absolute Gasteiger partial charge is 0.244 e. The summed E-state index contributed by atoms with van der Waals surface area (Å²) in [4.78, 5) is 0. The second-order valence-electron chi connectivity index (χ2n) is 7.01. The van der Waals surface area contributed by atoms with Gasteiger partial charge >= 0.3 is 0 Å². The van der Waals surface area contributed by atoms with Crippen LogP contribution in [0.5, 0.6) is 23.1 Å². The predicted octanol–water partition coefficient (Wildman–Crippen LogP) is 4.10. The summed E-state index contributed by atoms with van der Waals surface area (Å²) in [6.45, 7) is 4.84. The Balaban J connectivity index is 1.91. The Morgan fingerprint density at radius 3 is 2.56 bits per heavy atom. The Hall–Kier alpha value is -4.12. The molecule has 3 aromatic rings. The van der Waals surface area contributed by atoms with Gasteiger partial charge in [-0.15, -0.1) is 5.10 Å². The fourth-order valence-corrected chi connectivity index (χ4v) is 3.88. The topological polar surface area (TPSA) is 115 Å². The van der Waals surface area contributed by atoms with E-state index in [1.165, 1.54) is 0 Å². The first kappa shape index (κ1) is 21.1. The molecule has 0 bridgehead atoms. The first-order chi connectivity index (χ1) is 15.6. The van der Waals surface area contributed by atoms with Crippen molar-refractivity contribution in [1.82, 2.24) is 10.2 Å². The van der Waals surface area contributed by atoms with Crippen LogP contribution < -0.4 is 24.7 Å². The van der Waals surface area contributed by atoms with Crippen LogP contribution in [0.2, 0.25) is 0 Å². The van der Waals surface area contributed by atoms with Crippen molar-refractivity contribution in [2.45, 2.75) is 19.8 Å². The number of nitrogens with two attached hydrogens (primary N) is 1. The van der Waals surface area contributed by atoms with E-state index in [4.69, 9.17) is 24.7 Å². The first-order valence-electron chi connectivity index (χ1n) is 10.3. The molecule has 1 aromatic heterocycles. The van der Waals surface area contributed by atoms with Gasteiger partial charge in [0.25, 0.3) is 0 Å². The van der Waals surface area contributed by atoms with Crippen LogP contribution in [0.15, 0.2) is 53.9 Å². The molecule has 1 aliphatic rings. The maximum Gasteiger partial charge on any atom is 0.244 e. The van der Waals surface area contributed by atoms with E-state index in [1.807, 2.05) is 56.3 Å². The Morgan fingerprint density at radius 1 is 1.09 bits per heavy atom. The van der Waals surface area contributed by atoms with Gasteiger partial charge in [0.15, 0.2) is 11.5 Å². The van der Waals surface area contributed by atoms with E-state index >= 15 is 0 Å². The van der Waals surface area contributed by atoms with E-state index in [9.17, 15) is 5.26 Å².